The Labute approximate surface area is 73.7 Å². The van der Waals surface area contributed by atoms with Gasteiger partial charge in [0.25, 0.3) is 0 Å². The number of carbonyl (C=O) groups excluding carboxylic acids is 1. The third-order valence-corrected chi connectivity index (χ3v) is 1.52. The van der Waals surface area contributed by atoms with Gasteiger partial charge in [-0.25, -0.2) is 0 Å². The average molecular weight is 171 g/mol. The van der Waals surface area contributed by atoms with Crippen LogP contribution in [-0.4, -0.2) is 30.0 Å². The topological polar surface area (TPSA) is 40.5 Å². The van der Waals surface area contributed by atoms with E-state index in [0.717, 1.165) is 12.8 Å². The van der Waals surface area contributed by atoms with E-state index >= 15 is 0 Å². The van der Waals surface area contributed by atoms with Crippen molar-refractivity contribution in [2.24, 2.45) is 0 Å². The summed E-state index contributed by atoms with van der Waals surface area (Å²) < 4.78 is 0. The van der Waals surface area contributed by atoms with Gasteiger partial charge in [0.05, 0.1) is 5.76 Å². The van der Waals surface area contributed by atoms with Crippen LogP contribution >= 0.6 is 0 Å². The Kier molecular flexibility index (Phi) is 5.17. The lowest BCUT2D eigenvalue weighted by atomic mass is 10.2. The number of amides is 1. The first kappa shape index (κ1) is 11.0. The van der Waals surface area contributed by atoms with Gasteiger partial charge in [-0.05, 0) is 6.42 Å². The Hall–Kier alpha value is -0.990. The van der Waals surface area contributed by atoms with Crippen molar-refractivity contribution in [3.63, 3.8) is 0 Å². The van der Waals surface area contributed by atoms with Crippen LogP contribution in [0, 0.1) is 0 Å². The number of carbonyl (C=O) groups is 1. The molecular weight excluding hydrogens is 154 g/mol. The van der Waals surface area contributed by atoms with Gasteiger partial charge in [0.2, 0.25) is 5.91 Å². The van der Waals surface area contributed by atoms with Crippen molar-refractivity contribution in [1.82, 2.24) is 4.90 Å². The molecule has 0 saturated carbocycles. The molecule has 0 aromatic heterocycles. The number of nitrogens with zero attached hydrogens (tertiary/aromatic N) is 1. The minimum Gasteiger partial charge on any atom is -0.512 e. The van der Waals surface area contributed by atoms with Gasteiger partial charge in [-0.3, -0.25) is 4.79 Å². The van der Waals surface area contributed by atoms with Crippen LogP contribution in [-0.2, 0) is 4.79 Å². The monoisotopic (exact) mass is 171 g/mol. The zero-order chi connectivity index (χ0) is 9.56. The van der Waals surface area contributed by atoms with E-state index < -0.39 is 0 Å². The molecule has 0 aliphatic heterocycles. The molecule has 0 aromatic carbocycles. The van der Waals surface area contributed by atoms with Crippen LogP contribution < -0.4 is 0 Å². The standard InChI is InChI=1S/C9H17NO2/c1-4-5-6-8(11)7-9(12)10(2)3/h7,11H,4-6H2,1-3H3. The van der Waals surface area contributed by atoms with Gasteiger partial charge in [0.1, 0.15) is 0 Å². The van der Waals surface area contributed by atoms with Crippen LogP contribution in [0.2, 0.25) is 0 Å². The van der Waals surface area contributed by atoms with E-state index in [1.54, 1.807) is 14.1 Å². The molecule has 12 heavy (non-hydrogen) atoms. The maximum atomic E-state index is 11.0. The average Bonchev–Trinajstić information content (AvgIpc) is 2.00. The minimum atomic E-state index is -0.163. The van der Waals surface area contributed by atoms with E-state index in [0.29, 0.717) is 6.42 Å². The highest BCUT2D eigenvalue weighted by Gasteiger charge is 2.01. The number of allylic oxidation sites excluding steroid dienone is 1. The van der Waals surface area contributed by atoms with Crippen molar-refractivity contribution in [3.8, 4) is 0 Å². The molecular formula is C9H17NO2. The highest BCUT2D eigenvalue weighted by molar-refractivity contribution is 5.87. The maximum absolute atomic E-state index is 11.0. The number of unbranched alkanes of at least 4 members (excludes halogenated alkanes) is 1. The van der Waals surface area contributed by atoms with Crippen LogP contribution in [0.4, 0.5) is 0 Å². The number of aliphatic hydroxyl groups is 1. The predicted molar refractivity (Wildman–Crippen MR) is 48.9 cm³/mol. The second kappa shape index (κ2) is 5.63. The Balaban J connectivity index is 3.89. The summed E-state index contributed by atoms with van der Waals surface area (Å²) in [5.74, 6) is 0.0131. The number of likely N-dealkylation sites (N-methyl/N-ethyl adjacent to an activating group) is 1. The van der Waals surface area contributed by atoms with Crippen molar-refractivity contribution in [3.05, 3.63) is 11.8 Å². The van der Waals surface area contributed by atoms with Crippen molar-refractivity contribution < 1.29 is 9.90 Å². The van der Waals surface area contributed by atoms with Gasteiger partial charge in [-0.2, -0.15) is 0 Å². The summed E-state index contributed by atoms with van der Waals surface area (Å²) in [4.78, 5) is 12.4. The number of aliphatic hydroxyl groups excluding tert-OH is 1. The highest BCUT2D eigenvalue weighted by atomic mass is 16.3. The first-order valence-corrected chi connectivity index (χ1v) is 4.18. The molecule has 3 nitrogen and oxygen atoms in total. The van der Waals surface area contributed by atoms with Crippen molar-refractivity contribution >= 4 is 5.91 Å². The highest BCUT2D eigenvalue weighted by Crippen LogP contribution is 2.03. The molecule has 0 saturated heterocycles. The number of rotatable bonds is 4. The number of hydrogen-bond donors (Lipinski definition) is 1. The SMILES string of the molecule is CCCCC(O)=CC(=O)N(C)C. The van der Waals surface area contributed by atoms with Crippen LogP contribution in [0.5, 0.6) is 0 Å². The van der Waals surface area contributed by atoms with Gasteiger partial charge in [-0.15, -0.1) is 0 Å². The van der Waals surface area contributed by atoms with Gasteiger partial charge in [-0.1, -0.05) is 13.3 Å². The molecule has 0 bridgehead atoms. The van der Waals surface area contributed by atoms with Crippen LogP contribution in [0.1, 0.15) is 26.2 Å². The molecule has 1 amide bonds. The Bertz CT molecular complexity index is 173. The molecule has 0 rings (SSSR count). The fourth-order valence-corrected chi connectivity index (χ4v) is 0.702. The molecule has 0 heterocycles. The molecule has 3 heteroatoms. The Morgan fingerprint density at radius 3 is 2.50 bits per heavy atom. The fraction of sp³-hybridized carbons (Fsp3) is 0.667. The molecule has 0 aliphatic carbocycles. The molecule has 0 radical (unpaired) electrons. The second-order valence-electron chi connectivity index (χ2n) is 2.97. The van der Waals surface area contributed by atoms with Crippen molar-refractivity contribution in [2.75, 3.05) is 14.1 Å². The normalized spacial score (nSPS) is 11.4. The third-order valence-electron chi connectivity index (χ3n) is 1.52. The van der Waals surface area contributed by atoms with Crippen LogP contribution in [0.25, 0.3) is 0 Å². The third kappa shape index (κ3) is 4.77. The lowest BCUT2D eigenvalue weighted by Gasteiger charge is -2.06. The molecule has 1 N–H and O–H groups in total. The van der Waals surface area contributed by atoms with Gasteiger partial charge in [0, 0.05) is 26.6 Å². The van der Waals surface area contributed by atoms with E-state index in [4.69, 9.17) is 0 Å². The molecule has 0 atom stereocenters. The summed E-state index contributed by atoms with van der Waals surface area (Å²) in [5.41, 5.74) is 0. The quantitative estimate of drug-likeness (QED) is 0.516. The fourth-order valence-electron chi connectivity index (χ4n) is 0.702. The summed E-state index contributed by atoms with van der Waals surface area (Å²) in [6.07, 6.45) is 3.81. The minimum absolute atomic E-state index is 0.163. The largest absolute Gasteiger partial charge is 0.512 e. The smallest absolute Gasteiger partial charge is 0.249 e. The Morgan fingerprint density at radius 1 is 1.50 bits per heavy atom. The molecule has 70 valence electrons. The van der Waals surface area contributed by atoms with E-state index in [1.165, 1.54) is 11.0 Å². The summed E-state index contributed by atoms with van der Waals surface area (Å²) in [6, 6.07) is 0. The van der Waals surface area contributed by atoms with E-state index in [2.05, 4.69) is 0 Å². The lowest BCUT2D eigenvalue weighted by molar-refractivity contribution is -0.123. The van der Waals surface area contributed by atoms with E-state index in [-0.39, 0.29) is 11.7 Å². The van der Waals surface area contributed by atoms with Crippen LogP contribution in [0.15, 0.2) is 11.8 Å². The maximum Gasteiger partial charge on any atom is 0.249 e. The molecule has 0 aliphatic rings. The van der Waals surface area contributed by atoms with Crippen molar-refractivity contribution in [2.45, 2.75) is 26.2 Å². The summed E-state index contributed by atoms with van der Waals surface area (Å²) in [6.45, 7) is 2.04. The summed E-state index contributed by atoms with van der Waals surface area (Å²) in [7, 11) is 3.32. The molecule has 0 fully saturated rings. The molecule has 0 aromatic rings. The lowest BCUT2D eigenvalue weighted by Crippen LogP contribution is -2.19. The van der Waals surface area contributed by atoms with Gasteiger partial charge < -0.3 is 10.0 Å². The number of hydrogen-bond acceptors (Lipinski definition) is 2. The van der Waals surface area contributed by atoms with Gasteiger partial charge >= 0.3 is 0 Å². The Morgan fingerprint density at radius 2 is 2.08 bits per heavy atom. The van der Waals surface area contributed by atoms with E-state index in [1.807, 2.05) is 6.92 Å². The van der Waals surface area contributed by atoms with Crippen LogP contribution in [0.3, 0.4) is 0 Å². The summed E-state index contributed by atoms with van der Waals surface area (Å²) >= 11 is 0. The van der Waals surface area contributed by atoms with Crippen molar-refractivity contribution in [1.29, 1.82) is 0 Å². The predicted octanol–water partition coefficient (Wildman–Crippen LogP) is 1.71. The van der Waals surface area contributed by atoms with E-state index in [9.17, 15) is 9.90 Å². The zero-order valence-electron chi connectivity index (χ0n) is 8.00. The molecule has 0 unspecified atom stereocenters. The molecule has 0 spiro atoms. The first-order valence-electron chi connectivity index (χ1n) is 4.18. The first-order chi connectivity index (χ1) is 5.57. The second-order valence-corrected chi connectivity index (χ2v) is 2.97. The zero-order valence-corrected chi connectivity index (χ0v) is 8.00. The summed E-state index contributed by atoms with van der Waals surface area (Å²) in [5, 5.41) is 9.21. The van der Waals surface area contributed by atoms with Gasteiger partial charge in [0.15, 0.2) is 0 Å².